The molecule has 1 aliphatic rings. The molecule has 0 saturated heterocycles. The third-order valence-corrected chi connectivity index (χ3v) is 4.69. The zero-order valence-corrected chi connectivity index (χ0v) is 17.2. The second-order valence-corrected chi connectivity index (χ2v) is 7.30. The lowest BCUT2D eigenvalue weighted by molar-refractivity contribution is -0.237. The Hall–Kier alpha value is -3.83. The molecule has 0 radical (unpaired) electrons. The third kappa shape index (κ3) is 4.03. The van der Waals surface area contributed by atoms with Crippen LogP contribution in [-0.4, -0.2) is 50.6 Å². The summed E-state index contributed by atoms with van der Waals surface area (Å²) in [6, 6.07) is 4.04. The minimum atomic E-state index is -4.67. The average Bonchev–Trinajstić information content (AvgIpc) is 3.33. The van der Waals surface area contributed by atoms with Crippen molar-refractivity contribution < 1.29 is 26.8 Å². The molecule has 0 atom stereocenters. The number of aryl methyl sites for hydroxylation is 1. The van der Waals surface area contributed by atoms with Crippen molar-refractivity contribution >= 4 is 17.3 Å². The summed E-state index contributed by atoms with van der Waals surface area (Å²) < 4.78 is 61.4. The van der Waals surface area contributed by atoms with Crippen LogP contribution in [0.3, 0.4) is 0 Å². The van der Waals surface area contributed by atoms with Crippen LogP contribution in [0.1, 0.15) is 22.2 Å². The molecule has 1 aromatic carbocycles. The summed E-state index contributed by atoms with van der Waals surface area (Å²) in [5.41, 5.74) is 0.289. The zero-order valence-electron chi connectivity index (χ0n) is 17.2. The van der Waals surface area contributed by atoms with Crippen molar-refractivity contribution in [2.75, 3.05) is 19.4 Å². The van der Waals surface area contributed by atoms with Gasteiger partial charge in [0.25, 0.3) is 5.91 Å². The number of aromatic nitrogens is 3. The van der Waals surface area contributed by atoms with E-state index in [0.717, 1.165) is 12.3 Å². The van der Waals surface area contributed by atoms with Crippen molar-refractivity contribution in [1.29, 1.82) is 0 Å². The van der Waals surface area contributed by atoms with E-state index in [0.29, 0.717) is 5.89 Å². The Labute approximate surface area is 179 Å². The van der Waals surface area contributed by atoms with Crippen molar-refractivity contribution in [1.82, 2.24) is 24.3 Å². The fraction of sp³-hybridized carbons (Fsp3) is 0.250. The molecule has 0 aliphatic carbocycles. The number of oxazole rings is 1. The molecular weight excluding hydrogens is 432 g/mol. The first-order valence-electron chi connectivity index (χ1n) is 9.37. The highest BCUT2D eigenvalue weighted by Gasteiger charge is 2.39. The molecule has 0 unspecified atom stereocenters. The van der Waals surface area contributed by atoms with Crippen LogP contribution in [-0.2, 0) is 6.67 Å². The molecule has 168 valence electrons. The number of imidazole rings is 1. The predicted molar refractivity (Wildman–Crippen MR) is 106 cm³/mol. The Morgan fingerprint density at radius 1 is 1.28 bits per heavy atom. The topological polar surface area (TPSA) is 79.4 Å². The van der Waals surface area contributed by atoms with Crippen molar-refractivity contribution in [3.63, 3.8) is 0 Å². The van der Waals surface area contributed by atoms with Gasteiger partial charge in [0.15, 0.2) is 17.5 Å². The minimum Gasteiger partial charge on any atom is -0.441 e. The number of benzene rings is 1. The molecule has 0 fully saturated rings. The number of alkyl halides is 3. The van der Waals surface area contributed by atoms with Gasteiger partial charge in [0.1, 0.15) is 18.2 Å². The van der Waals surface area contributed by atoms with Crippen LogP contribution in [0.4, 0.5) is 23.2 Å². The minimum absolute atomic E-state index is 0.0102. The van der Waals surface area contributed by atoms with Gasteiger partial charge in [-0.05, 0) is 18.2 Å². The van der Waals surface area contributed by atoms with Crippen LogP contribution in [0.5, 0.6) is 0 Å². The van der Waals surface area contributed by atoms with Gasteiger partial charge in [-0.2, -0.15) is 13.2 Å². The first-order valence-corrected chi connectivity index (χ1v) is 9.37. The van der Waals surface area contributed by atoms with Crippen LogP contribution in [0, 0.1) is 12.7 Å². The van der Waals surface area contributed by atoms with E-state index >= 15 is 0 Å². The van der Waals surface area contributed by atoms with E-state index in [9.17, 15) is 22.4 Å². The molecule has 1 N–H and O–H groups in total. The number of rotatable bonds is 4. The Morgan fingerprint density at radius 2 is 2.03 bits per heavy atom. The fourth-order valence-electron chi connectivity index (χ4n) is 3.16. The maximum atomic E-state index is 14.7. The normalized spacial score (nSPS) is 13.6. The summed E-state index contributed by atoms with van der Waals surface area (Å²) in [6.45, 7) is 1.05. The van der Waals surface area contributed by atoms with Crippen molar-refractivity contribution in [3.05, 3.63) is 60.0 Å². The van der Waals surface area contributed by atoms with Crippen LogP contribution < -0.4 is 5.32 Å². The third-order valence-electron chi connectivity index (χ3n) is 4.69. The van der Waals surface area contributed by atoms with Crippen LogP contribution in [0.25, 0.3) is 17.0 Å². The number of fused-ring (bicyclic) bond motifs is 1. The molecule has 4 rings (SSSR count). The average molecular weight is 450 g/mol. The molecule has 3 heterocycles. The van der Waals surface area contributed by atoms with Crippen LogP contribution >= 0.6 is 0 Å². The molecule has 2 aromatic heterocycles. The Bertz CT molecular complexity index is 1210. The highest BCUT2D eigenvalue weighted by atomic mass is 19.4. The van der Waals surface area contributed by atoms with E-state index in [1.807, 2.05) is 0 Å². The Balaban J connectivity index is 1.69. The summed E-state index contributed by atoms with van der Waals surface area (Å²) >= 11 is 0. The zero-order chi connectivity index (χ0) is 23.2. The number of nitrogens with zero attached hydrogens (tertiary/aromatic N) is 5. The van der Waals surface area contributed by atoms with E-state index < -0.39 is 24.7 Å². The Kier molecular flexibility index (Phi) is 5.15. The summed E-state index contributed by atoms with van der Waals surface area (Å²) in [6.07, 6.45) is -1.20. The van der Waals surface area contributed by atoms with Gasteiger partial charge in [0.05, 0.1) is 17.5 Å². The largest absolute Gasteiger partial charge is 0.485 e. The SMILES string of the molecule is Cc1ncc(-c2ccc(NC3=CN(C(F)(F)F)Cn4cc(C(=O)N(C)C)nc43)cc2F)o1. The second kappa shape index (κ2) is 7.70. The van der Waals surface area contributed by atoms with Gasteiger partial charge in [0, 0.05) is 39.1 Å². The quantitative estimate of drug-likeness (QED) is 0.480. The number of carbonyl (C=O) groups excluding carboxylic acids is 1. The van der Waals surface area contributed by atoms with E-state index in [2.05, 4.69) is 15.3 Å². The highest BCUT2D eigenvalue weighted by Crippen LogP contribution is 2.32. The number of anilines is 1. The monoisotopic (exact) mass is 450 g/mol. The molecule has 32 heavy (non-hydrogen) atoms. The summed E-state index contributed by atoms with van der Waals surface area (Å²) in [7, 11) is 3.02. The van der Waals surface area contributed by atoms with Gasteiger partial charge in [0.2, 0.25) is 0 Å². The van der Waals surface area contributed by atoms with Gasteiger partial charge in [-0.1, -0.05) is 0 Å². The summed E-state index contributed by atoms with van der Waals surface area (Å²) in [4.78, 5) is 21.7. The second-order valence-electron chi connectivity index (χ2n) is 7.30. The van der Waals surface area contributed by atoms with Crippen molar-refractivity contribution in [3.8, 4) is 11.3 Å². The van der Waals surface area contributed by atoms with Gasteiger partial charge in [-0.15, -0.1) is 0 Å². The van der Waals surface area contributed by atoms with E-state index in [1.165, 1.54) is 48.1 Å². The first-order chi connectivity index (χ1) is 15.0. The molecular formula is C20H18F4N6O2. The molecule has 3 aromatic rings. The van der Waals surface area contributed by atoms with E-state index in [-0.39, 0.29) is 39.1 Å². The maximum Gasteiger partial charge on any atom is 0.485 e. The lowest BCUT2D eigenvalue weighted by Gasteiger charge is -2.29. The number of nitrogens with one attached hydrogen (secondary N) is 1. The van der Waals surface area contributed by atoms with Crippen LogP contribution in [0.15, 0.2) is 41.2 Å². The fourth-order valence-corrected chi connectivity index (χ4v) is 3.16. The number of carbonyl (C=O) groups is 1. The van der Waals surface area contributed by atoms with Crippen molar-refractivity contribution in [2.24, 2.45) is 0 Å². The summed E-state index contributed by atoms with van der Waals surface area (Å²) in [5.74, 6) is -0.388. The van der Waals surface area contributed by atoms with Gasteiger partial charge >= 0.3 is 6.30 Å². The smallest absolute Gasteiger partial charge is 0.441 e. The van der Waals surface area contributed by atoms with Crippen LogP contribution in [0.2, 0.25) is 0 Å². The molecule has 8 nitrogen and oxygen atoms in total. The highest BCUT2D eigenvalue weighted by molar-refractivity contribution is 5.92. The maximum absolute atomic E-state index is 14.7. The van der Waals surface area contributed by atoms with Gasteiger partial charge in [-0.25, -0.2) is 14.4 Å². The molecule has 12 heteroatoms. The molecule has 0 spiro atoms. The Morgan fingerprint density at radius 3 is 2.62 bits per heavy atom. The molecule has 0 bridgehead atoms. The predicted octanol–water partition coefficient (Wildman–Crippen LogP) is 3.89. The van der Waals surface area contributed by atoms with Crippen molar-refractivity contribution in [2.45, 2.75) is 19.9 Å². The number of hydrogen-bond donors (Lipinski definition) is 1. The lowest BCUT2D eigenvalue weighted by atomic mass is 10.1. The molecule has 0 saturated carbocycles. The van der Waals surface area contributed by atoms with Gasteiger partial charge in [-0.3, -0.25) is 9.69 Å². The molecule has 1 amide bonds. The number of halogens is 4. The number of amides is 1. The standard InChI is InChI=1S/C20H18F4N6O2/c1-11-25-7-17(32-11)13-5-4-12(6-14(13)21)26-15-9-30(20(22,23)24)10-29-8-16(27-18(15)29)19(31)28(2)3/h4-9,26H,10H2,1-3H3. The van der Waals surface area contributed by atoms with Gasteiger partial charge < -0.3 is 19.2 Å². The lowest BCUT2D eigenvalue weighted by Crippen LogP contribution is -2.38. The van der Waals surface area contributed by atoms with E-state index in [1.54, 1.807) is 6.92 Å². The first kappa shape index (κ1) is 21.4. The molecule has 1 aliphatic heterocycles. The van der Waals surface area contributed by atoms with E-state index in [4.69, 9.17) is 4.42 Å². The summed E-state index contributed by atoms with van der Waals surface area (Å²) in [5, 5.41) is 2.77. The number of hydrogen-bond acceptors (Lipinski definition) is 6.